The number of rotatable bonds is 2. The molecule has 1 amide bonds. The fourth-order valence-electron chi connectivity index (χ4n) is 2.36. The van der Waals surface area contributed by atoms with E-state index >= 15 is 0 Å². The summed E-state index contributed by atoms with van der Waals surface area (Å²) in [5.41, 5.74) is 1.46. The molecular weight excluding hydrogens is 228 g/mol. The Morgan fingerprint density at radius 1 is 1.67 bits per heavy atom. The van der Waals surface area contributed by atoms with Gasteiger partial charge in [0.2, 0.25) is 5.91 Å². The number of nitriles is 1. The maximum absolute atomic E-state index is 11.8. The van der Waals surface area contributed by atoms with E-state index in [-0.39, 0.29) is 11.9 Å². The summed E-state index contributed by atoms with van der Waals surface area (Å²) in [5.74, 6) is 0.614. The van der Waals surface area contributed by atoms with Crippen LogP contribution in [0.25, 0.3) is 0 Å². The highest BCUT2D eigenvalue weighted by atomic mass is 16.2. The van der Waals surface area contributed by atoms with Crippen molar-refractivity contribution in [2.75, 3.05) is 18.5 Å². The number of hydrogen-bond donors (Lipinski definition) is 1. The van der Waals surface area contributed by atoms with Crippen molar-refractivity contribution in [1.82, 2.24) is 10.3 Å². The normalized spacial score (nSPS) is 18.5. The van der Waals surface area contributed by atoms with Crippen LogP contribution >= 0.6 is 0 Å². The number of anilines is 1. The molecule has 5 heteroatoms. The molecule has 1 aromatic heterocycles. The van der Waals surface area contributed by atoms with Gasteiger partial charge in [0.25, 0.3) is 0 Å². The Morgan fingerprint density at radius 3 is 3.11 bits per heavy atom. The first kappa shape index (κ1) is 12.4. The van der Waals surface area contributed by atoms with Gasteiger partial charge in [-0.25, -0.2) is 4.98 Å². The van der Waals surface area contributed by atoms with Crippen LogP contribution in [0.1, 0.15) is 24.0 Å². The highest BCUT2D eigenvalue weighted by Crippen LogP contribution is 2.27. The molecule has 94 valence electrons. The van der Waals surface area contributed by atoms with Crippen molar-refractivity contribution in [1.29, 1.82) is 5.26 Å². The van der Waals surface area contributed by atoms with Gasteiger partial charge in [0.05, 0.1) is 5.56 Å². The van der Waals surface area contributed by atoms with Gasteiger partial charge in [0.15, 0.2) is 0 Å². The number of likely N-dealkylation sites (N-methyl/N-ethyl adjacent to an activating group) is 1. The van der Waals surface area contributed by atoms with Gasteiger partial charge in [-0.2, -0.15) is 5.26 Å². The van der Waals surface area contributed by atoms with E-state index in [9.17, 15) is 10.1 Å². The second-order valence-corrected chi connectivity index (χ2v) is 4.40. The third kappa shape index (κ3) is 2.02. The Labute approximate surface area is 106 Å². The summed E-state index contributed by atoms with van der Waals surface area (Å²) in [6.07, 6.45) is 3.43. The first-order valence-corrected chi connectivity index (χ1v) is 6.03. The molecular formula is C13H16N4O. The van der Waals surface area contributed by atoms with Crippen LogP contribution in [0.4, 0.5) is 5.82 Å². The van der Waals surface area contributed by atoms with Crippen LogP contribution in [0.15, 0.2) is 12.3 Å². The van der Waals surface area contributed by atoms with Crippen LogP contribution in [0.2, 0.25) is 0 Å². The maximum atomic E-state index is 11.8. The van der Waals surface area contributed by atoms with Crippen LogP contribution in [0.3, 0.4) is 0 Å². The minimum Gasteiger partial charge on any atom is -0.357 e. The van der Waals surface area contributed by atoms with Crippen LogP contribution in [0, 0.1) is 18.3 Å². The number of amides is 1. The van der Waals surface area contributed by atoms with Crippen molar-refractivity contribution in [2.24, 2.45) is 0 Å². The smallest absolute Gasteiger partial charge is 0.242 e. The van der Waals surface area contributed by atoms with Gasteiger partial charge in [0, 0.05) is 19.8 Å². The van der Waals surface area contributed by atoms with Gasteiger partial charge in [-0.1, -0.05) is 0 Å². The summed E-state index contributed by atoms with van der Waals surface area (Å²) in [6.45, 7) is 2.65. The molecule has 0 spiro atoms. The zero-order chi connectivity index (χ0) is 13.1. The number of aromatic nitrogens is 1. The molecule has 2 rings (SSSR count). The lowest BCUT2D eigenvalue weighted by Crippen LogP contribution is -2.42. The molecule has 0 aliphatic carbocycles. The summed E-state index contributed by atoms with van der Waals surface area (Å²) in [7, 11) is 1.63. The second-order valence-electron chi connectivity index (χ2n) is 4.40. The quantitative estimate of drug-likeness (QED) is 0.842. The van der Waals surface area contributed by atoms with Crippen LogP contribution in [0.5, 0.6) is 0 Å². The van der Waals surface area contributed by atoms with Gasteiger partial charge < -0.3 is 10.2 Å². The average Bonchev–Trinajstić information content (AvgIpc) is 2.86. The standard InChI is InChI=1S/C13H16N4O/c1-9-5-6-16-12(10(9)8-14)17-7-3-4-11(17)13(18)15-2/h5-6,11H,3-4,7H2,1-2H3,(H,15,18). The van der Waals surface area contributed by atoms with Gasteiger partial charge in [-0.15, -0.1) is 0 Å². The van der Waals surface area contributed by atoms with Gasteiger partial charge in [-0.05, 0) is 31.4 Å². The maximum Gasteiger partial charge on any atom is 0.242 e. The zero-order valence-electron chi connectivity index (χ0n) is 10.6. The Morgan fingerprint density at radius 2 is 2.44 bits per heavy atom. The largest absolute Gasteiger partial charge is 0.357 e. The molecule has 18 heavy (non-hydrogen) atoms. The third-order valence-corrected chi connectivity index (χ3v) is 3.33. The predicted octanol–water partition coefficient (Wildman–Crippen LogP) is 0.976. The molecule has 0 radical (unpaired) electrons. The number of nitrogens with one attached hydrogen (secondary N) is 1. The second kappa shape index (κ2) is 5.05. The molecule has 1 unspecified atom stereocenters. The number of nitrogens with zero attached hydrogens (tertiary/aromatic N) is 3. The summed E-state index contributed by atoms with van der Waals surface area (Å²) < 4.78 is 0. The fraction of sp³-hybridized carbons (Fsp3) is 0.462. The number of aryl methyl sites for hydroxylation is 1. The Hall–Kier alpha value is -2.09. The molecule has 1 aliphatic rings. The molecule has 1 N–H and O–H groups in total. The summed E-state index contributed by atoms with van der Waals surface area (Å²) >= 11 is 0. The number of hydrogen-bond acceptors (Lipinski definition) is 4. The van der Waals surface area contributed by atoms with E-state index < -0.39 is 0 Å². The first-order valence-electron chi connectivity index (χ1n) is 6.03. The zero-order valence-corrected chi connectivity index (χ0v) is 10.6. The number of pyridine rings is 1. The first-order chi connectivity index (χ1) is 8.69. The lowest BCUT2D eigenvalue weighted by Gasteiger charge is -2.25. The van der Waals surface area contributed by atoms with E-state index in [1.54, 1.807) is 13.2 Å². The minimum absolute atomic E-state index is 0.0142. The van der Waals surface area contributed by atoms with E-state index in [2.05, 4.69) is 16.4 Å². The highest BCUT2D eigenvalue weighted by Gasteiger charge is 2.32. The van der Waals surface area contributed by atoms with E-state index in [1.165, 1.54) is 0 Å². The van der Waals surface area contributed by atoms with Gasteiger partial charge >= 0.3 is 0 Å². The Balaban J connectivity index is 2.40. The van der Waals surface area contributed by atoms with Crippen molar-refractivity contribution >= 4 is 11.7 Å². The molecule has 1 atom stereocenters. The van der Waals surface area contributed by atoms with Crippen molar-refractivity contribution < 1.29 is 4.79 Å². The SMILES string of the molecule is CNC(=O)C1CCCN1c1nccc(C)c1C#N. The fourth-order valence-corrected chi connectivity index (χ4v) is 2.36. The molecule has 0 saturated carbocycles. The molecule has 1 fully saturated rings. The van der Waals surface area contributed by atoms with E-state index in [4.69, 9.17) is 0 Å². The predicted molar refractivity (Wildman–Crippen MR) is 68.1 cm³/mol. The summed E-state index contributed by atoms with van der Waals surface area (Å²) in [4.78, 5) is 18.0. The van der Waals surface area contributed by atoms with Gasteiger partial charge in [0.1, 0.15) is 17.9 Å². The van der Waals surface area contributed by atoms with Crippen molar-refractivity contribution in [3.63, 3.8) is 0 Å². The van der Waals surface area contributed by atoms with Crippen LogP contribution in [-0.4, -0.2) is 30.5 Å². The Kier molecular flexibility index (Phi) is 3.47. The molecule has 2 heterocycles. The monoisotopic (exact) mass is 244 g/mol. The topological polar surface area (TPSA) is 69.0 Å². The van der Waals surface area contributed by atoms with E-state index in [0.717, 1.165) is 24.9 Å². The summed E-state index contributed by atoms with van der Waals surface area (Å²) in [5, 5.41) is 11.9. The molecule has 0 aromatic carbocycles. The average molecular weight is 244 g/mol. The third-order valence-electron chi connectivity index (χ3n) is 3.33. The Bertz CT molecular complexity index is 506. The lowest BCUT2D eigenvalue weighted by molar-refractivity contribution is -0.121. The minimum atomic E-state index is -0.212. The number of carbonyl (C=O) groups excluding carboxylic acids is 1. The molecule has 1 saturated heterocycles. The van der Waals surface area contributed by atoms with Crippen molar-refractivity contribution in [2.45, 2.75) is 25.8 Å². The van der Waals surface area contributed by atoms with Crippen molar-refractivity contribution in [3.8, 4) is 6.07 Å². The molecule has 0 bridgehead atoms. The molecule has 5 nitrogen and oxygen atoms in total. The van der Waals surface area contributed by atoms with E-state index in [1.807, 2.05) is 17.9 Å². The molecule has 1 aliphatic heterocycles. The lowest BCUT2D eigenvalue weighted by atomic mass is 10.1. The van der Waals surface area contributed by atoms with Crippen LogP contribution in [-0.2, 0) is 4.79 Å². The summed E-state index contributed by atoms with van der Waals surface area (Å²) in [6, 6.07) is 3.78. The van der Waals surface area contributed by atoms with E-state index in [0.29, 0.717) is 11.4 Å². The molecule has 1 aromatic rings. The van der Waals surface area contributed by atoms with Gasteiger partial charge in [-0.3, -0.25) is 4.79 Å². The van der Waals surface area contributed by atoms with Crippen LogP contribution < -0.4 is 10.2 Å². The number of carbonyl (C=O) groups is 1. The highest BCUT2D eigenvalue weighted by molar-refractivity contribution is 5.85. The van der Waals surface area contributed by atoms with Crippen molar-refractivity contribution in [3.05, 3.63) is 23.4 Å².